The quantitative estimate of drug-likeness (QED) is 0.0201. The fourth-order valence-corrected chi connectivity index (χ4v) is 6.62. The molecule has 25 nitrogen and oxygen atoms in total. The van der Waals surface area contributed by atoms with Crippen molar-refractivity contribution >= 4 is 59.2 Å². The van der Waals surface area contributed by atoms with Crippen LogP contribution in [0.1, 0.15) is 65.0 Å². The van der Waals surface area contributed by atoms with Gasteiger partial charge in [0, 0.05) is 19.4 Å². The number of guanidine groups is 1. The number of hydrogen-bond acceptors (Lipinski definition) is 14. The smallest absolute Gasteiger partial charge is 0.328 e. The minimum atomic E-state index is -1.72. The molecule has 25 heteroatoms. The highest BCUT2D eigenvalue weighted by Crippen LogP contribution is 2.14. The van der Waals surface area contributed by atoms with Crippen molar-refractivity contribution in [3.63, 3.8) is 0 Å². The van der Waals surface area contributed by atoms with E-state index in [9.17, 15) is 63.6 Å². The van der Waals surface area contributed by atoms with E-state index in [4.69, 9.17) is 17.2 Å². The van der Waals surface area contributed by atoms with Gasteiger partial charge in [0.05, 0.1) is 31.8 Å². The van der Waals surface area contributed by atoms with E-state index in [1.54, 1.807) is 51.1 Å². The number of aliphatic hydroxyl groups excluding tert-OH is 2. The molecule has 0 spiro atoms. The number of hydrogen-bond donors (Lipinski definition) is 15. The van der Waals surface area contributed by atoms with Gasteiger partial charge in [-0.1, -0.05) is 76.6 Å². The number of amides is 8. The molecule has 0 saturated heterocycles. The van der Waals surface area contributed by atoms with Crippen molar-refractivity contribution in [3.05, 3.63) is 65.7 Å². The second-order valence-corrected chi connectivity index (χ2v) is 17.2. The average Bonchev–Trinajstić information content (AvgIpc) is 3.32. The lowest BCUT2D eigenvalue weighted by molar-refractivity contribution is -0.143. The number of carboxylic acids is 1. The van der Waals surface area contributed by atoms with E-state index in [-0.39, 0.29) is 49.9 Å². The molecular formula is C46H70N12O13. The van der Waals surface area contributed by atoms with Crippen LogP contribution in [0, 0.1) is 11.8 Å². The van der Waals surface area contributed by atoms with E-state index < -0.39 is 127 Å². The first-order chi connectivity index (χ1) is 33.5. The molecule has 0 bridgehead atoms. The highest BCUT2D eigenvalue weighted by atomic mass is 16.4. The Kier molecular flexibility index (Phi) is 25.5. The van der Waals surface area contributed by atoms with Crippen LogP contribution in [0.4, 0.5) is 0 Å². The van der Waals surface area contributed by atoms with Gasteiger partial charge in [-0.2, -0.15) is 0 Å². The molecule has 9 atom stereocenters. The molecule has 0 saturated carbocycles. The van der Waals surface area contributed by atoms with Crippen LogP contribution in [0.2, 0.25) is 0 Å². The zero-order valence-corrected chi connectivity index (χ0v) is 40.5. The van der Waals surface area contributed by atoms with E-state index in [0.29, 0.717) is 12.0 Å². The van der Waals surface area contributed by atoms with Gasteiger partial charge in [-0.25, -0.2) is 4.79 Å². The zero-order chi connectivity index (χ0) is 53.4. The molecule has 0 aliphatic heterocycles. The number of phenolic OH excluding ortho intramolecular Hbond substituents is 1. The van der Waals surface area contributed by atoms with Crippen LogP contribution >= 0.6 is 0 Å². The molecule has 0 aromatic heterocycles. The van der Waals surface area contributed by atoms with Gasteiger partial charge in [0.25, 0.3) is 0 Å². The molecule has 2 aromatic rings. The van der Waals surface area contributed by atoms with E-state index in [1.165, 1.54) is 31.2 Å². The van der Waals surface area contributed by atoms with E-state index in [1.807, 2.05) is 6.92 Å². The summed E-state index contributed by atoms with van der Waals surface area (Å²) < 4.78 is 0. The molecule has 392 valence electrons. The molecular weight excluding hydrogens is 929 g/mol. The van der Waals surface area contributed by atoms with Gasteiger partial charge in [0.1, 0.15) is 42.0 Å². The Bertz CT molecular complexity index is 2140. The summed E-state index contributed by atoms with van der Waals surface area (Å²) in [5, 5.41) is 58.7. The van der Waals surface area contributed by atoms with Crippen LogP contribution in [0.5, 0.6) is 5.75 Å². The summed E-state index contributed by atoms with van der Waals surface area (Å²) in [6.07, 6.45) is -1.09. The van der Waals surface area contributed by atoms with E-state index in [2.05, 4.69) is 47.5 Å². The molecule has 0 aliphatic rings. The van der Waals surface area contributed by atoms with Crippen molar-refractivity contribution < 1.29 is 63.6 Å². The van der Waals surface area contributed by atoms with Gasteiger partial charge >= 0.3 is 5.97 Å². The van der Waals surface area contributed by atoms with Crippen molar-refractivity contribution in [2.24, 2.45) is 34.0 Å². The summed E-state index contributed by atoms with van der Waals surface area (Å²) >= 11 is 0. The van der Waals surface area contributed by atoms with Crippen molar-refractivity contribution in [1.82, 2.24) is 42.5 Å². The summed E-state index contributed by atoms with van der Waals surface area (Å²) in [6, 6.07) is 4.70. The Balaban J connectivity index is 2.20. The standard InChI is InChI=1S/C46H70N12O13/c1-6-25(4)36(47)42(67)54-31(19-27-11-8-7-9-12-27)39(64)52-21-34(62)51-22-35(63)57-38(26(5)60)44(69)58-37(24(2)3)43(68)55-32(20-28-14-16-29(61)17-15-28)41(66)53-30(13-10-18-50-46(48)49)40(65)56-33(23-59)45(70)71/h7-9,11-12,14-17,24-26,30-33,36-38,59-61H,6,10,13,18-23,47H2,1-5H3,(H,51,62)(H,52,64)(H,53,66)(H,54,67)(H,55,68)(H,56,65)(H,57,63)(H,58,69)(H,70,71)(H4,48,49,50). The maximum absolute atomic E-state index is 14.0. The molecule has 71 heavy (non-hydrogen) atoms. The predicted octanol–water partition coefficient (Wildman–Crippen LogP) is -4.14. The number of carbonyl (C=O) groups is 9. The molecule has 8 amide bonds. The summed E-state index contributed by atoms with van der Waals surface area (Å²) in [5.41, 5.74) is 18.0. The number of carbonyl (C=O) groups excluding carboxylic acids is 8. The number of benzene rings is 2. The SMILES string of the molecule is CCC(C)C(N)C(=O)NC(Cc1ccccc1)C(=O)NCC(=O)NCC(=O)NC(C(=O)NC(C(=O)NC(Cc1ccc(O)cc1)C(=O)NC(CCCN=C(N)N)C(=O)NC(CO)C(=O)O)C(C)C)C(C)O. The molecule has 2 aromatic carbocycles. The number of nitrogens with one attached hydrogen (secondary N) is 8. The minimum absolute atomic E-state index is 0.0185. The third-order valence-corrected chi connectivity index (χ3v) is 11.1. The lowest BCUT2D eigenvalue weighted by Gasteiger charge is -2.29. The summed E-state index contributed by atoms with van der Waals surface area (Å²) in [4.78, 5) is 122. The van der Waals surface area contributed by atoms with Crippen LogP contribution in [0.3, 0.4) is 0 Å². The molecule has 0 radical (unpaired) electrons. The van der Waals surface area contributed by atoms with E-state index in [0.717, 1.165) is 5.56 Å². The monoisotopic (exact) mass is 999 g/mol. The van der Waals surface area contributed by atoms with Crippen molar-refractivity contribution in [1.29, 1.82) is 0 Å². The number of carboxylic acid groups (broad SMARTS) is 1. The number of nitrogens with two attached hydrogens (primary N) is 3. The normalized spacial score (nSPS) is 14.8. The lowest BCUT2D eigenvalue weighted by Crippen LogP contribution is -2.61. The largest absolute Gasteiger partial charge is 0.508 e. The third-order valence-electron chi connectivity index (χ3n) is 11.1. The maximum Gasteiger partial charge on any atom is 0.328 e. The first-order valence-corrected chi connectivity index (χ1v) is 23.0. The van der Waals surface area contributed by atoms with Gasteiger partial charge in [-0.15, -0.1) is 0 Å². The van der Waals surface area contributed by atoms with Crippen molar-refractivity contribution in [2.45, 2.75) is 115 Å². The van der Waals surface area contributed by atoms with Gasteiger partial charge < -0.3 is 80.2 Å². The average molecular weight is 999 g/mol. The highest BCUT2D eigenvalue weighted by Gasteiger charge is 2.35. The fourth-order valence-electron chi connectivity index (χ4n) is 6.62. The molecule has 0 heterocycles. The zero-order valence-electron chi connectivity index (χ0n) is 40.5. The molecule has 2 rings (SSSR count). The van der Waals surface area contributed by atoms with Gasteiger partial charge in [0.15, 0.2) is 5.96 Å². The van der Waals surface area contributed by atoms with E-state index >= 15 is 0 Å². The van der Waals surface area contributed by atoms with Crippen LogP contribution in [-0.4, -0.2) is 154 Å². The lowest BCUT2D eigenvalue weighted by atomic mass is 9.98. The molecule has 0 aliphatic carbocycles. The second kappa shape index (κ2) is 30.3. The molecule has 9 unspecified atom stereocenters. The number of aliphatic carboxylic acids is 1. The van der Waals surface area contributed by atoms with Gasteiger partial charge in [0.2, 0.25) is 47.3 Å². The van der Waals surface area contributed by atoms with Crippen LogP contribution in [0.25, 0.3) is 0 Å². The van der Waals surface area contributed by atoms with Crippen LogP contribution in [0.15, 0.2) is 59.6 Å². The first-order valence-electron chi connectivity index (χ1n) is 23.0. The summed E-state index contributed by atoms with van der Waals surface area (Å²) in [6.45, 7) is 5.69. The Morgan fingerprint density at radius 1 is 0.620 bits per heavy atom. The topological polar surface area (TPSA) is 421 Å². The van der Waals surface area contributed by atoms with Gasteiger partial charge in [-0.05, 0) is 54.9 Å². The number of nitrogens with zero attached hydrogens (tertiary/aromatic N) is 1. The van der Waals surface area contributed by atoms with Gasteiger partial charge in [-0.3, -0.25) is 43.3 Å². The Hall–Kier alpha value is -7.38. The number of rotatable bonds is 30. The highest BCUT2D eigenvalue weighted by molar-refractivity contribution is 5.97. The predicted molar refractivity (Wildman–Crippen MR) is 258 cm³/mol. The Labute approximate surface area is 411 Å². The Morgan fingerprint density at radius 3 is 1.69 bits per heavy atom. The Morgan fingerprint density at radius 2 is 1.14 bits per heavy atom. The fraction of sp³-hybridized carbons (Fsp3) is 0.522. The second-order valence-electron chi connectivity index (χ2n) is 17.2. The molecule has 18 N–H and O–H groups in total. The van der Waals surface area contributed by atoms with Crippen LogP contribution < -0.4 is 59.7 Å². The number of phenols is 1. The summed E-state index contributed by atoms with van der Waals surface area (Å²) in [5.74, 6) is -9.64. The number of aromatic hydroxyl groups is 1. The van der Waals surface area contributed by atoms with Crippen molar-refractivity contribution in [2.75, 3.05) is 26.2 Å². The third kappa shape index (κ3) is 21.4. The van der Waals surface area contributed by atoms with Crippen LogP contribution in [-0.2, 0) is 56.0 Å². The van der Waals surface area contributed by atoms with Crippen molar-refractivity contribution in [3.8, 4) is 5.75 Å². The molecule has 0 fully saturated rings. The number of aliphatic hydroxyl groups is 2. The first kappa shape index (κ1) is 59.7. The maximum atomic E-state index is 14.0. The number of aliphatic imine (C=N–C) groups is 1. The summed E-state index contributed by atoms with van der Waals surface area (Å²) in [7, 11) is 0. The minimum Gasteiger partial charge on any atom is -0.508 e.